The summed E-state index contributed by atoms with van der Waals surface area (Å²) in [5.74, 6) is -0.0958. The van der Waals surface area contributed by atoms with Gasteiger partial charge in [0.05, 0.1) is 11.6 Å². The van der Waals surface area contributed by atoms with E-state index in [0.717, 1.165) is 37.1 Å². The van der Waals surface area contributed by atoms with Crippen molar-refractivity contribution in [2.75, 3.05) is 18.4 Å². The molecule has 2 aromatic rings. The second kappa shape index (κ2) is 8.66. The highest BCUT2D eigenvalue weighted by molar-refractivity contribution is 7.14. The van der Waals surface area contributed by atoms with Crippen molar-refractivity contribution in [2.24, 2.45) is 11.8 Å². The Hall–Kier alpha value is -2.21. The van der Waals surface area contributed by atoms with E-state index in [9.17, 15) is 9.59 Å². The van der Waals surface area contributed by atoms with Gasteiger partial charge in [0.25, 0.3) is 0 Å². The van der Waals surface area contributed by atoms with Crippen LogP contribution in [0.5, 0.6) is 0 Å². The Morgan fingerprint density at radius 3 is 2.76 bits per heavy atom. The molecule has 5 nitrogen and oxygen atoms in total. The van der Waals surface area contributed by atoms with Gasteiger partial charge >= 0.3 is 0 Å². The van der Waals surface area contributed by atoms with Crippen molar-refractivity contribution in [1.82, 2.24) is 9.88 Å². The second-order valence-corrected chi connectivity index (χ2v) is 9.35. The molecule has 1 aliphatic heterocycles. The Labute approximate surface area is 176 Å². The summed E-state index contributed by atoms with van der Waals surface area (Å²) in [6.45, 7) is 5.07. The van der Waals surface area contributed by atoms with Crippen LogP contribution in [-0.2, 0) is 22.4 Å². The lowest BCUT2D eigenvalue weighted by molar-refractivity contribution is -0.137. The minimum atomic E-state index is -0.164. The molecule has 1 saturated heterocycles. The summed E-state index contributed by atoms with van der Waals surface area (Å²) < 4.78 is 0. The van der Waals surface area contributed by atoms with Gasteiger partial charge in [-0.05, 0) is 55.7 Å². The summed E-state index contributed by atoms with van der Waals surface area (Å²) in [6.07, 6.45) is 6.54. The number of aryl methyl sites for hydroxylation is 2. The van der Waals surface area contributed by atoms with Crippen molar-refractivity contribution >= 4 is 28.3 Å². The van der Waals surface area contributed by atoms with Crippen LogP contribution in [0.4, 0.5) is 5.13 Å². The third kappa shape index (κ3) is 4.53. The molecule has 0 saturated carbocycles. The molecule has 0 spiro atoms. The standard InChI is InChI=1S/C23H29N3O2S/c1-15(2)22(28)26-11-5-8-19(13-26)21(27)25-23-24-20(14-29-23)18-10-9-16-6-3-4-7-17(16)12-18/h9-10,12,14-15,19H,3-8,11,13H2,1-2H3,(H,24,25,27). The van der Waals surface area contributed by atoms with Crippen LogP contribution in [0.25, 0.3) is 11.3 Å². The maximum atomic E-state index is 12.8. The zero-order valence-corrected chi connectivity index (χ0v) is 18.1. The van der Waals surface area contributed by atoms with Crippen molar-refractivity contribution in [2.45, 2.75) is 52.4 Å². The number of thiazole rings is 1. The van der Waals surface area contributed by atoms with Gasteiger partial charge < -0.3 is 10.2 Å². The SMILES string of the molecule is CC(C)C(=O)N1CCCC(C(=O)Nc2nc(-c3ccc4c(c3)CCCC4)cs2)C1. The normalized spacial score (nSPS) is 19.1. The van der Waals surface area contributed by atoms with Gasteiger partial charge in [-0.1, -0.05) is 26.0 Å². The summed E-state index contributed by atoms with van der Waals surface area (Å²) >= 11 is 1.46. The fourth-order valence-electron chi connectivity index (χ4n) is 4.32. The third-order valence-corrected chi connectivity index (χ3v) is 6.73. The highest BCUT2D eigenvalue weighted by Crippen LogP contribution is 2.30. The number of hydrogen-bond donors (Lipinski definition) is 1. The van der Waals surface area contributed by atoms with Crippen LogP contribution in [-0.4, -0.2) is 34.8 Å². The summed E-state index contributed by atoms with van der Waals surface area (Å²) in [5.41, 5.74) is 4.93. The highest BCUT2D eigenvalue weighted by Gasteiger charge is 2.29. The summed E-state index contributed by atoms with van der Waals surface area (Å²) in [7, 11) is 0. The molecule has 1 unspecified atom stereocenters. The van der Waals surface area contributed by atoms with Crippen molar-refractivity contribution in [3.63, 3.8) is 0 Å². The van der Waals surface area contributed by atoms with Gasteiger partial charge in [0.1, 0.15) is 0 Å². The predicted octanol–water partition coefficient (Wildman–Crippen LogP) is 4.52. The largest absolute Gasteiger partial charge is 0.342 e. The monoisotopic (exact) mass is 411 g/mol. The number of carbonyl (C=O) groups is 2. The number of anilines is 1. The quantitative estimate of drug-likeness (QED) is 0.804. The molecule has 29 heavy (non-hydrogen) atoms. The van der Waals surface area contributed by atoms with Gasteiger partial charge in [0.15, 0.2) is 5.13 Å². The molecular formula is C23H29N3O2S. The molecule has 2 heterocycles. The van der Waals surface area contributed by atoms with Crippen LogP contribution < -0.4 is 5.32 Å². The highest BCUT2D eigenvalue weighted by atomic mass is 32.1. The lowest BCUT2D eigenvalue weighted by atomic mass is 9.90. The van der Waals surface area contributed by atoms with Crippen molar-refractivity contribution < 1.29 is 9.59 Å². The van der Waals surface area contributed by atoms with Crippen LogP contribution in [0, 0.1) is 11.8 Å². The molecule has 1 aromatic heterocycles. The van der Waals surface area contributed by atoms with E-state index in [-0.39, 0.29) is 23.7 Å². The number of aromatic nitrogens is 1. The molecule has 2 aliphatic rings. The Kier molecular flexibility index (Phi) is 5.99. The summed E-state index contributed by atoms with van der Waals surface area (Å²) in [4.78, 5) is 31.5. The van der Waals surface area contributed by atoms with E-state index in [4.69, 9.17) is 0 Å². The Bertz CT molecular complexity index is 905. The number of benzene rings is 1. The molecule has 154 valence electrons. The molecule has 2 amide bonds. The molecule has 1 aliphatic carbocycles. The number of likely N-dealkylation sites (tertiary alicyclic amines) is 1. The summed E-state index contributed by atoms with van der Waals surface area (Å²) in [6, 6.07) is 6.62. The van der Waals surface area contributed by atoms with Gasteiger partial charge in [-0.2, -0.15) is 0 Å². The minimum Gasteiger partial charge on any atom is -0.342 e. The van der Waals surface area contributed by atoms with E-state index in [1.807, 2.05) is 24.1 Å². The molecule has 6 heteroatoms. The Morgan fingerprint density at radius 1 is 1.17 bits per heavy atom. The summed E-state index contributed by atoms with van der Waals surface area (Å²) in [5, 5.41) is 5.63. The maximum absolute atomic E-state index is 12.8. The second-order valence-electron chi connectivity index (χ2n) is 8.50. The van der Waals surface area contributed by atoms with E-state index in [1.54, 1.807) is 0 Å². The molecule has 1 N–H and O–H groups in total. The molecule has 1 aromatic carbocycles. The van der Waals surface area contributed by atoms with E-state index in [2.05, 4.69) is 28.5 Å². The van der Waals surface area contributed by atoms with Crippen molar-refractivity contribution in [3.05, 3.63) is 34.7 Å². The first-order valence-corrected chi connectivity index (χ1v) is 11.6. The first-order chi connectivity index (χ1) is 14.0. The number of rotatable bonds is 4. The zero-order valence-electron chi connectivity index (χ0n) is 17.2. The maximum Gasteiger partial charge on any atom is 0.231 e. The average Bonchev–Trinajstić information content (AvgIpc) is 3.21. The molecule has 0 bridgehead atoms. The number of fused-ring (bicyclic) bond motifs is 1. The van der Waals surface area contributed by atoms with Crippen LogP contribution in [0.15, 0.2) is 23.6 Å². The lowest BCUT2D eigenvalue weighted by Gasteiger charge is -2.33. The smallest absolute Gasteiger partial charge is 0.231 e. The topological polar surface area (TPSA) is 62.3 Å². The fourth-order valence-corrected chi connectivity index (χ4v) is 5.04. The van der Waals surface area contributed by atoms with Gasteiger partial charge in [0, 0.05) is 30.0 Å². The van der Waals surface area contributed by atoms with E-state index in [1.165, 1.54) is 41.7 Å². The minimum absolute atomic E-state index is 0.0300. The third-order valence-electron chi connectivity index (χ3n) is 5.98. The molecule has 0 radical (unpaired) electrons. The van der Waals surface area contributed by atoms with Gasteiger partial charge in [-0.25, -0.2) is 4.98 Å². The first kappa shape index (κ1) is 20.1. The number of nitrogens with zero attached hydrogens (tertiary/aromatic N) is 2. The average molecular weight is 412 g/mol. The molecule has 1 atom stereocenters. The van der Waals surface area contributed by atoms with Gasteiger partial charge in [-0.15, -0.1) is 11.3 Å². The zero-order chi connectivity index (χ0) is 20.4. The number of amides is 2. The number of piperidine rings is 1. The van der Waals surface area contributed by atoms with Crippen molar-refractivity contribution in [3.8, 4) is 11.3 Å². The number of nitrogens with one attached hydrogen (secondary N) is 1. The van der Waals surface area contributed by atoms with Crippen LogP contribution in [0.2, 0.25) is 0 Å². The Morgan fingerprint density at radius 2 is 1.97 bits per heavy atom. The van der Waals surface area contributed by atoms with Crippen molar-refractivity contribution in [1.29, 1.82) is 0 Å². The molecule has 4 rings (SSSR count). The van der Waals surface area contributed by atoms with Crippen LogP contribution >= 0.6 is 11.3 Å². The van der Waals surface area contributed by atoms with Crippen LogP contribution in [0.3, 0.4) is 0 Å². The first-order valence-electron chi connectivity index (χ1n) is 10.7. The van der Waals surface area contributed by atoms with Gasteiger partial charge in [-0.3, -0.25) is 9.59 Å². The van der Waals surface area contributed by atoms with E-state index in [0.29, 0.717) is 11.7 Å². The van der Waals surface area contributed by atoms with E-state index < -0.39 is 0 Å². The fraction of sp³-hybridized carbons (Fsp3) is 0.522. The lowest BCUT2D eigenvalue weighted by Crippen LogP contribution is -2.45. The molecular weight excluding hydrogens is 382 g/mol. The number of carbonyl (C=O) groups excluding carboxylic acids is 2. The van der Waals surface area contributed by atoms with E-state index >= 15 is 0 Å². The Balaban J connectivity index is 1.41. The number of hydrogen-bond acceptors (Lipinski definition) is 4. The molecule has 1 fully saturated rings. The van der Waals surface area contributed by atoms with Crippen LogP contribution in [0.1, 0.15) is 50.7 Å². The van der Waals surface area contributed by atoms with Gasteiger partial charge in [0.2, 0.25) is 11.8 Å². The predicted molar refractivity (Wildman–Crippen MR) is 117 cm³/mol.